The summed E-state index contributed by atoms with van der Waals surface area (Å²) in [7, 11) is 1.49. The summed E-state index contributed by atoms with van der Waals surface area (Å²) in [5.41, 5.74) is -0.715. The Morgan fingerprint density at radius 1 is 1.19 bits per heavy atom. The molecule has 0 aliphatic carbocycles. The number of rotatable bonds is 9. The number of carbonyl (C=O) groups excluding carboxylic acids is 2. The smallest absolute Gasteiger partial charge is 0.326 e. The van der Waals surface area contributed by atoms with Crippen molar-refractivity contribution in [1.29, 1.82) is 0 Å². The van der Waals surface area contributed by atoms with Gasteiger partial charge in [-0.2, -0.15) is 0 Å². The Morgan fingerprint density at radius 3 is 2.29 bits per heavy atom. The van der Waals surface area contributed by atoms with Crippen LogP contribution in [0.3, 0.4) is 0 Å². The molecule has 8 nitrogen and oxygen atoms in total. The minimum Gasteiger partial charge on any atom is -0.480 e. The average molecular weight is 305 g/mol. The number of amides is 1. The van der Waals surface area contributed by atoms with Gasteiger partial charge in [0.05, 0.1) is 19.6 Å². The standard InChI is InChI=1S/C13H23NO7/c1-13(2,3)21-11(16)7-9(12(17)18)14-10(15)8-20-6-5-19-4/h9H,5-8H2,1-4H3,(H,14,15)(H,17,18)/t9-/m0/s1. The van der Waals surface area contributed by atoms with Crippen LogP contribution in [-0.4, -0.2) is 61.5 Å². The van der Waals surface area contributed by atoms with Gasteiger partial charge in [0.25, 0.3) is 0 Å². The van der Waals surface area contributed by atoms with Crippen molar-refractivity contribution >= 4 is 17.8 Å². The molecule has 0 unspecified atom stereocenters. The van der Waals surface area contributed by atoms with Gasteiger partial charge in [-0.1, -0.05) is 0 Å². The molecular weight excluding hydrogens is 282 g/mol. The predicted molar refractivity (Wildman–Crippen MR) is 72.7 cm³/mol. The summed E-state index contributed by atoms with van der Waals surface area (Å²) in [6, 6.07) is -1.35. The number of hydrogen-bond donors (Lipinski definition) is 2. The van der Waals surface area contributed by atoms with Crippen molar-refractivity contribution in [3.05, 3.63) is 0 Å². The van der Waals surface area contributed by atoms with E-state index in [4.69, 9.17) is 19.3 Å². The molecule has 2 N–H and O–H groups in total. The minimum absolute atomic E-state index is 0.216. The fraction of sp³-hybridized carbons (Fsp3) is 0.769. The van der Waals surface area contributed by atoms with Gasteiger partial charge >= 0.3 is 11.9 Å². The Morgan fingerprint density at radius 2 is 1.81 bits per heavy atom. The molecule has 0 spiro atoms. The number of ether oxygens (including phenoxy) is 3. The third-order valence-corrected chi connectivity index (χ3v) is 2.09. The number of aliphatic carboxylic acids is 1. The van der Waals surface area contributed by atoms with Gasteiger partial charge in [-0.05, 0) is 20.8 Å². The van der Waals surface area contributed by atoms with Gasteiger partial charge < -0.3 is 24.6 Å². The monoisotopic (exact) mass is 305 g/mol. The summed E-state index contributed by atoms with van der Waals surface area (Å²) in [6.07, 6.45) is -0.448. The summed E-state index contributed by atoms with van der Waals surface area (Å²) in [6.45, 7) is 5.25. The molecule has 0 radical (unpaired) electrons. The van der Waals surface area contributed by atoms with Crippen LogP contribution in [0.25, 0.3) is 0 Å². The molecule has 0 heterocycles. The third-order valence-electron chi connectivity index (χ3n) is 2.09. The fourth-order valence-corrected chi connectivity index (χ4v) is 1.29. The summed E-state index contributed by atoms with van der Waals surface area (Å²) in [5.74, 6) is -2.64. The maximum atomic E-state index is 11.6. The van der Waals surface area contributed by atoms with Gasteiger partial charge in [0, 0.05) is 7.11 Å². The molecule has 0 aromatic rings. The number of carboxylic acid groups (broad SMARTS) is 1. The molecule has 0 saturated heterocycles. The molecule has 0 aliphatic rings. The molecule has 0 rings (SSSR count). The average Bonchev–Trinajstić information content (AvgIpc) is 2.31. The van der Waals surface area contributed by atoms with Gasteiger partial charge in [0.1, 0.15) is 18.2 Å². The van der Waals surface area contributed by atoms with Crippen LogP contribution in [0.4, 0.5) is 0 Å². The van der Waals surface area contributed by atoms with Crippen LogP contribution in [0.2, 0.25) is 0 Å². The molecule has 21 heavy (non-hydrogen) atoms. The first-order chi connectivity index (χ1) is 9.65. The Kier molecular flexibility index (Phi) is 8.56. The minimum atomic E-state index is -1.35. The first-order valence-electron chi connectivity index (χ1n) is 6.46. The highest BCUT2D eigenvalue weighted by atomic mass is 16.6. The van der Waals surface area contributed by atoms with Crippen molar-refractivity contribution in [2.45, 2.75) is 38.8 Å². The number of methoxy groups -OCH3 is 1. The number of carbonyl (C=O) groups is 3. The highest BCUT2D eigenvalue weighted by molar-refractivity contribution is 5.87. The van der Waals surface area contributed by atoms with Gasteiger partial charge in [-0.15, -0.1) is 0 Å². The second kappa shape index (κ2) is 9.30. The van der Waals surface area contributed by atoms with Crippen molar-refractivity contribution < 1.29 is 33.7 Å². The van der Waals surface area contributed by atoms with Crippen molar-refractivity contribution in [3.8, 4) is 0 Å². The van der Waals surface area contributed by atoms with Crippen LogP contribution < -0.4 is 5.32 Å². The van der Waals surface area contributed by atoms with E-state index < -0.39 is 35.9 Å². The lowest BCUT2D eigenvalue weighted by atomic mass is 10.1. The molecule has 0 bridgehead atoms. The molecular formula is C13H23NO7. The molecule has 0 saturated carbocycles. The lowest BCUT2D eigenvalue weighted by molar-refractivity contribution is -0.158. The molecule has 1 amide bonds. The summed E-state index contributed by atoms with van der Waals surface area (Å²) in [5, 5.41) is 11.2. The third kappa shape index (κ3) is 10.7. The zero-order valence-corrected chi connectivity index (χ0v) is 12.8. The topological polar surface area (TPSA) is 111 Å². The summed E-state index contributed by atoms with van der Waals surface area (Å²) in [4.78, 5) is 34.1. The second-order valence-corrected chi connectivity index (χ2v) is 5.29. The molecule has 0 aliphatic heterocycles. The first-order valence-corrected chi connectivity index (χ1v) is 6.46. The molecule has 8 heteroatoms. The van der Waals surface area contributed by atoms with Crippen LogP contribution in [0.1, 0.15) is 27.2 Å². The van der Waals surface area contributed by atoms with Gasteiger partial charge in [-0.25, -0.2) is 4.79 Å². The maximum Gasteiger partial charge on any atom is 0.326 e. The molecule has 0 fully saturated rings. The van der Waals surface area contributed by atoms with E-state index in [9.17, 15) is 14.4 Å². The summed E-state index contributed by atoms with van der Waals surface area (Å²) < 4.78 is 14.7. The van der Waals surface area contributed by atoms with E-state index >= 15 is 0 Å². The van der Waals surface area contributed by atoms with Crippen molar-refractivity contribution in [3.63, 3.8) is 0 Å². The number of carboxylic acids is 1. The van der Waals surface area contributed by atoms with E-state index in [2.05, 4.69) is 5.32 Å². The Balaban J connectivity index is 4.27. The maximum absolute atomic E-state index is 11.6. The largest absolute Gasteiger partial charge is 0.480 e. The fourth-order valence-electron chi connectivity index (χ4n) is 1.29. The van der Waals surface area contributed by atoms with E-state index in [1.54, 1.807) is 20.8 Å². The lowest BCUT2D eigenvalue weighted by Crippen LogP contribution is -2.44. The predicted octanol–water partition coefficient (Wildman–Crippen LogP) is -0.0494. The quantitative estimate of drug-likeness (QED) is 0.454. The Hall–Kier alpha value is -1.67. The highest BCUT2D eigenvalue weighted by Crippen LogP contribution is 2.09. The molecule has 0 aromatic heterocycles. The van der Waals surface area contributed by atoms with Crippen molar-refractivity contribution in [1.82, 2.24) is 5.32 Å². The Bertz CT molecular complexity index is 362. The van der Waals surface area contributed by atoms with E-state index in [1.165, 1.54) is 7.11 Å². The van der Waals surface area contributed by atoms with Gasteiger partial charge in [-0.3, -0.25) is 9.59 Å². The van der Waals surface area contributed by atoms with Crippen LogP contribution in [0.15, 0.2) is 0 Å². The zero-order valence-electron chi connectivity index (χ0n) is 12.8. The van der Waals surface area contributed by atoms with Crippen LogP contribution >= 0.6 is 0 Å². The van der Waals surface area contributed by atoms with Crippen molar-refractivity contribution in [2.75, 3.05) is 26.9 Å². The SMILES string of the molecule is COCCOCC(=O)N[C@@H](CC(=O)OC(C)(C)C)C(=O)O. The normalized spacial score (nSPS) is 12.6. The van der Waals surface area contributed by atoms with E-state index in [0.717, 1.165) is 0 Å². The van der Waals surface area contributed by atoms with E-state index in [-0.39, 0.29) is 13.2 Å². The van der Waals surface area contributed by atoms with Crippen molar-refractivity contribution in [2.24, 2.45) is 0 Å². The molecule has 0 aromatic carbocycles. The summed E-state index contributed by atoms with van der Waals surface area (Å²) >= 11 is 0. The first kappa shape index (κ1) is 19.3. The van der Waals surface area contributed by atoms with Crippen LogP contribution in [0.5, 0.6) is 0 Å². The van der Waals surface area contributed by atoms with Crippen LogP contribution in [0, 0.1) is 0 Å². The molecule has 122 valence electrons. The number of nitrogens with one attached hydrogen (secondary N) is 1. The number of esters is 1. The Labute approximate surface area is 123 Å². The lowest BCUT2D eigenvalue weighted by Gasteiger charge is -2.21. The second-order valence-electron chi connectivity index (χ2n) is 5.29. The van der Waals surface area contributed by atoms with E-state index in [1.807, 2.05) is 0 Å². The van der Waals surface area contributed by atoms with Crippen LogP contribution in [-0.2, 0) is 28.6 Å². The highest BCUT2D eigenvalue weighted by Gasteiger charge is 2.26. The van der Waals surface area contributed by atoms with Gasteiger partial charge in [0.2, 0.25) is 5.91 Å². The van der Waals surface area contributed by atoms with Gasteiger partial charge in [0.15, 0.2) is 0 Å². The number of hydrogen-bond acceptors (Lipinski definition) is 6. The van der Waals surface area contributed by atoms with E-state index in [0.29, 0.717) is 6.61 Å². The zero-order chi connectivity index (χ0) is 16.5. The molecule has 1 atom stereocenters.